The van der Waals surface area contributed by atoms with E-state index >= 15 is 0 Å². The van der Waals surface area contributed by atoms with Crippen molar-refractivity contribution < 1.29 is 18.5 Å². The highest BCUT2D eigenvalue weighted by molar-refractivity contribution is 8.18. The fourth-order valence-electron chi connectivity index (χ4n) is 4.50. The van der Waals surface area contributed by atoms with Crippen molar-refractivity contribution in [1.29, 1.82) is 0 Å². The third-order valence-electron chi connectivity index (χ3n) is 6.46. The number of nitrogens with zero attached hydrogens (tertiary/aromatic N) is 5. The van der Waals surface area contributed by atoms with Gasteiger partial charge in [0.05, 0.1) is 33.7 Å². The predicted octanol–water partition coefficient (Wildman–Crippen LogP) is 3.61. The highest BCUT2D eigenvalue weighted by Crippen LogP contribution is 2.27. The van der Waals surface area contributed by atoms with Crippen molar-refractivity contribution in [3.63, 3.8) is 0 Å². The number of aryl methyl sites for hydroxylation is 2. The number of hydrogen-bond acceptors (Lipinski definition) is 10. The number of imide groups is 1. The molecule has 37 heavy (non-hydrogen) atoms. The van der Waals surface area contributed by atoms with Crippen LogP contribution in [0.5, 0.6) is 0 Å². The van der Waals surface area contributed by atoms with Crippen LogP contribution in [-0.4, -0.2) is 50.9 Å². The first-order valence-electron chi connectivity index (χ1n) is 12.0. The second-order valence-electron chi connectivity index (χ2n) is 9.06. The molecule has 0 saturated carbocycles. The number of aromatic nitrogens is 4. The van der Waals surface area contributed by atoms with E-state index in [0.717, 1.165) is 55.5 Å². The largest absolute Gasteiger partial charge is 0.361 e. The number of hydrogen-bond donors (Lipinski definition) is 2. The molecular formula is C25H26FN7O3S. The molecule has 2 aliphatic heterocycles. The number of anilines is 1. The van der Waals surface area contributed by atoms with Gasteiger partial charge in [0.1, 0.15) is 11.6 Å². The number of halogens is 1. The van der Waals surface area contributed by atoms with Crippen LogP contribution in [0.1, 0.15) is 35.6 Å². The normalized spacial score (nSPS) is 17.6. The molecule has 0 aliphatic carbocycles. The van der Waals surface area contributed by atoms with Crippen LogP contribution in [0, 0.1) is 25.6 Å². The molecule has 2 N–H and O–H groups in total. The van der Waals surface area contributed by atoms with Crippen LogP contribution in [0.15, 0.2) is 34.0 Å². The molecule has 5 rings (SSSR count). The summed E-state index contributed by atoms with van der Waals surface area (Å²) in [5, 5.41) is 9.21. The Morgan fingerprint density at radius 3 is 2.78 bits per heavy atom. The quantitative estimate of drug-likeness (QED) is 0.444. The number of thioether (sulfide) groups is 1. The Morgan fingerprint density at radius 2 is 2.08 bits per heavy atom. The maximum absolute atomic E-state index is 14.4. The first kappa shape index (κ1) is 25.0. The zero-order valence-corrected chi connectivity index (χ0v) is 21.3. The van der Waals surface area contributed by atoms with Crippen molar-refractivity contribution in [2.24, 2.45) is 5.92 Å². The van der Waals surface area contributed by atoms with E-state index in [1.165, 1.54) is 6.20 Å². The molecule has 5 heterocycles. The molecule has 12 heteroatoms. The topological polar surface area (TPSA) is 126 Å². The van der Waals surface area contributed by atoms with Crippen LogP contribution < -0.4 is 15.5 Å². The molecule has 2 amide bonds. The predicted molar refractivity (Wildman–Crippen MR) is 137 cm³/mol. The minimum absolute atomic E-state index is 0.323. The minimum Gasteiger partial charge on any atom is -0.361 e. The lowest BCUT2D eigenvalue weighted by molar-refractivity contribution is -0.115. The Bertz CT molecular complexity index is 1350. The maximum Gasteiger partial charge on any atom is 0.290 e. The van der Waals surface area contributed by atoms with Gasteiger partial charge in [0.2, 0.25) is 5.95 Å². The number of carbonyl (C=O) groups excluding carboxylic acids is 2. The third-order valence-corrected chi connectivity index (χ3v) is 7.27. The van der Waals surface area contributed by atoms with Gasteiger partial charge in [-0.1, -0.05) is 5.16 Å². The van der Waals surface area contributed by atoms with Gasteiger partial charge in [-0.05, 0) is 69.1 Å². The molecule has 0 bridgehead atoms. The number of pyridine rings is 1. The highest BCUT2D eigenvalue weighted by Gasteiger charge is 2.26. The van der Waals surface area contributed by atoms with Crippen molar-refractivity contribution in [2.75, 3.05) is 24.5 Å². The summed E-state index contributed by atoms with van der Waals surface area (Å²) in [6, 6.07) is 3.46. The molecule has 2 fully saturated rings. The van der Waals surface area contributed by atoms with Crippen molar-refractivity contribution in [3.8, 4) is 11.3 Å². The second kappa shape index (κ2) is 10.8. The number of carbonyl (C=O) groups is 2. The zero-order valence-electron chi connectivity index (χ0n) is 20.5. The van der Waals surface area contributed by atoms with Crippen LogP contribution >= 0.6 is 11.8 Å². The molecule has 2 saturated heterocycles. The van der Waals surface area contributed by atoms with E-state index in [9.17, 15) is 14.0 Å². The van der Waals surface area contributed by atoms with Crippen LogP contribution in [-0.2, 0) is 11.3 Å². The van der Waals surface area contributed by atoms with E-state index in [1.807, 2.05) is 13.8 Å². The first-order chi connectivity index (χ1) is 17.9. The van der Waals surface area contributed by atoms with Crippen LogP contribution in [0.4, 0.5) is 15.1 Å². The smallest absolute Gasteiger partial charge is 0.290 e. The van der Waals surface area contributed by atoms with E-state index in [0.29, 0.717) is 46.0 Å². The Hall–Kier alpha value is -3.64. The minimum atomic E-state index is -0.407. The number of rotatable bonds is 7. The summed E-state index contributed by atoms with van der Waals surface area (Å²) in [5.74, 6) is 0.948. The first-order valence-corrected chi connectivity index (χ1v) is 12.8. The van der Waals surface area contributed by atoms with E-state index in [2.05, 4.69) is 35.6 Å². The average molecular weight is 524 g/mol. The van der Waals surface area contributed by atoms with Crippen LogP contribution in [0.3, 0.4) is 0 Å². The van der Waals surface area contributed by atoms with Gasteiger partial charge in [0, 0.05) is 31.4 Å². The summed E-state index contributed by atoms with van der Waals surface area (Å²) >= 11 is 0.865. The monoisotopic (exact) mass is 523 g/mol. The Morgan fingerprint density at radius 1 is 1.27 bits per heavy atom. The lowest BCUT2D eigenvalue weighted by Crippen LogP contribution is -2.38. The van der Waals surface area contributed by atoms with Gasteiger partial charge >= 0.3 is 0 Å². The third kappa shape index (κ3) is 5.70. The fraction of sp³-hybridized carbons (Fsp3) is 0.360. The van der Waals surface area contributed by atoms with Gasteiger partial charge in [-0.25, -0.2) is 14.4 Å². The van der Waals surface area contributed by atoms with E-state index in [4.69, 9.17) is 4.52 Å². The lowest BCUT2D eigenvalue weighted by Gasteiger charge is -2.32. The Labute approximate surface area is 217 Å². The average Bonchev–Trinajstić information content (AvgIpc) is 3.39. The van der Waals surface area contributed by atoms with E-state index < -0.39 is 5.91 Å². The van der Waals surface area contributed by atoms with E-state index in [1.54, 1.807) is 24.4 Å². The molecule has 192 valence electrons. The van der Waals surface area contributed by atoms with Gasteiger partial charge in [-0.15, -0.1) is 0 Å². The van der Waals surface area contributed by atoms with Crippen molar-refractivity contribution in [3.05, 3.63) is 58.0 Å². The molecule has 3 aromatic heterocycles. The van der Waals surface area contributed by atoms with Gasteiger partial charge in [0.15, 0.2) is 0 Å². The molecule has 3 aromatic rings. The number of piperidine rings is 1. The van der Waals surface area contributed by atoms with Crippen molar-refractivity contribution >= 4 is 34.9 Å². The molecule has 2 aliphatic rings. The second-order valence-corrected chi connectivity index (χ2v) is 10.1. The van der Waals surface area contributed by atoms with Gasteiger partial charge < -0.3 is 14.7 Å². The summed E-state index contributed by atoms with van der Waals surface area (Å²) in [4.78, 5) is 38.8. The van der Waals surface area contributed by atoms with Crippen LogP contribution in [0.25, 0.3) is 17.3 Å². The summed E-state index contributed by atoms with van der Waals surface area (Å²) in [7, 11) is 0. The maximum atomic E-state index is 14.4. The molecule has 0 radical (unpaired) electrons. The number of amides is 2. The van der Waals surface area contributed by atoms with Crippen LogP contribution in [0.2, 0.25) is 0 Å². The Balaban J connectivity index is 1.14. The summed E-state index contributed by atoms with van der Waals surface area (Å²) in [6.45, 7) is 6.41. The van der Waals surface area contributed by atoms with Gasteiger partial charge in [-0.2, -0.15) is 0 Å². The zero-order chi connectivity index (χ0) is 25.9. The Kier molecular flexibility index (Phi) is 7.28. The SMILES string of the molecule is Cc1noc(C)c1-c1cc(CNCC2CCN(c3nccc(/C=C4\SC(=O)NC4=O)n3)CC2)c(F)cn1. The summed E-state index contributed by atoms with van der Waals surface area (Å²) in [6.07, 6.45) is 6.38. The molecule has 0 unspecified atom stereocenters. The van der Waals surface area contributed by atoms with Crippen molar-refractivity contribution in [1.82, 2.24) is 30.7 Å². The fourth-order valence-corrected chi connectivity index (χ4v) is 5.17. The standard InChI is InChI=1S/C25H26FN7O3S/c1-14-22(15(2)36-32-14)20-9-17(19(26)13-29-20)12-27-11-16-4-7-33(8-5-16)24-28-6-3-18(30-24)10-21-23(34)31-25(35)37-21/h3,6,9-10,13,16,27H,4-5,7-8,11-12H2,1-2H3,(H,31,34,35)/b21-10-. The lowest BCUT2D eigenvalue weighted by atomic mass is 9.97. The highest BCUT2D eigenvalue weighted by atomic mass is 32.2. The summed E-state index contributed by atoms with van der Waals surface area (Å²) < 4.78 is 19.6. The molecule has 0 atom stereocenters. The molecule has 10 nitrogen and oxygen atoms in total. The summed E-state index contributed by atoms with van der Waals surface area (Å²) in [5.41, 5.74) is 3.31. The molecule has 0 spiro atoms. The van der Waals surface area contributed by atoms with Gasteiger partial charge in [-0.3, -0.25) is 19.9 Å². The van der Waals surface area contributed by atoms with Crippen molar-refractivity contribution in [2.45, 2.75) is 33.2 Å². The van der Waals surface area contributed by atoms with Gasteiger partial charge in [0.25, 0.3) is 11.1 Å². The molecule has 0 aromatic carbocycles. The van der Waals surface area contributed by atoms with E-state index in [-0.39, 0.29) is 11.1 Å². The molecular weight excluding hydrogens is 497 g/mol. The number of nitrogens with one attached hydrogen (secondary N) is 2.